The van der Waals surface area contributed by atoms with E-state index in [0.717, 1.165) is 0 Å². The Morgan fingerprint density at radius 3 is 2.47 bits per heavy atom. The van der Waals surface area contributed by atoms with Crippen LogP contribution in [0.15, 0.2) is 0 Å². The molecule has 108 valence electrons. The molecule has 3 unspecified atom stereocenters. The molecule has 2 aliphatic heterocycles. The zero-order chi connectivity index (χ0) is 14.2. The minimum Gasteiger partial charge on any atom is -0.481 e. The average molecular weight is 270 g/mol. The Hall–Kier alpha value is -1.30. The lowest BCUT2D eigenvalue weighted by Crippen LogP contribution is -2.50. The Balaban J connectivity index is 1.97. The van der Waals surface area contributed by atoms with Crippen LogP contribution >= 0.6 is 0 Å². The maximum absolute atomic E-state index is 12.3. The van der Waals surface area contributed by atoms with Gasteiger partial charge in [0.05, 0.1) is 11.5 Å². The molecule has 2 amide bonds. The number of aliphatic hydroxyl groups is 1. The quantitative estimate of drug-likeness (QED) is 0.731. The number of piperidine rings is 1. The summed E-state index contributed by atoms with van der Waals surface area (Å²) >= 11 is 0. The monoisotopic (exact) mass is 270 g/mol. The molecule has 0 aromatic rings. The van der Waals surface area contributed by atoms with E-state index in [4.69, 9.17) is 0 Å². The lowest BCUT2D eigenvalue weighted by Gasteiger charge is -2.36. The van der Waals surface area contributed by atoms with Crippen LogP contribution in [0.4, 0.5) is 4.79 Å². The van der Waals surface area contributed by atoms with E-state index in [1.165, 1.54) is 0 Å². The Labute approximate surface area is 113 Å². The summed E-state index contributed by atoms with van der Waals surface area (Å²) in [6.07, 6.45) is 0.753. The number of hydrogen-bond acceptors (Lipinski definition) is 3. The highest BCUT2D eigenvalue weighted by Crippen LogP contribution is 2.31. The lowest BCUT2D eigenvalue weighted by atomic mass is 9.90. The number of rotatable bonds is 1. The smallest absolute Gasteiger partial charge is 0.320 e. The second kappa shape index (κ2) is 5.00. The number of aliphatic hydroxyl groups excluding tert-OH is 1. The Morgan fingerprint density at radius 1 is 1.26 bits per heavy atom. The largest absolute Gasteiger partial charge is 0.481 e. The number of carboxylic acid groups (broad SMARTS) is 1. The van der Waals surface area contributed by atoms with Gasteiger partial charge < -0.3 is 20.0 Å². The molecule has 0 spiro atoms. The summed E-state index contributed by atoms with van der Waals surface area (Å²) in [5.41, 5.74) is -0.823. The van der Waals surface area contributed by atoms with Crippen molar-refractivity contribution in [2.24, 2.45) is 11.3 Å². The molecule has 2 N–H and O–H groups in total. The molecule has 2 rings (SSSR count). The highest BCUT2D eigenvalue weighted by molar-refractivity contribution is 5.79. The number of hydrogen-bond donors (Lipinski definition) is 2. The normalized spacial score (nSPS) is 35.5. The van der Waals surface area contributed by atoms with E-state index >= 15 is 0 Å². The molecule has 0 aromatic heterocycles. The fraction of sp³-hybridized carbons (Fsp3) is 0.846. The Bertz CT molecular complexity index is 387. The Kier molecular flexibility index (Phi) is 3.71. The first-order valence-corrected chi connectivity index (χ1v) is 6.79. The van der Waals surface area contributed by atoms with Crippen molar-refractivity contribution in [1.29, 1.82) is 0 Å². The second-order valence-corrected chi connectivity index (χ2v) is 6.10. The second-order valence-electron chi connectivity index (χ2n) is 6.10. The molecule has 6 nitrogen and oxygen atoms in total. The predicted molar refractivity (Wildman–Crippen MR) is 68.7 cm³/mol. The predicted octanol–water partition coefficient (Wildman–Crippen LogP) is 0.606. The van der Waals surface area contributed by atoms with Gasteiger partial charge in [-0.3, -0.25) is 4.79 Å². The van der Waals surface area contributed by atoms with Gasteiger partial charge in [0.15, 0.2) is 0 Å². The van der Waals surface area contributed by atoms with Crippen molar-refractivity contribution in [3.8, 4) is 0 Å². The number of amides is 2. The minimum atomic E-state index is -0.842. The van der Waals surface area contributed by atoms with Crippen LogP contribution in [-0.2, 0) is 4.79 Å². The molecule has 3 atom stereocenters. The molecule has 19 heavy (non-hydrogen) atoms. The van der Waals surface area contributed by atoms with E-state index < -0.39 is 11.4 Å². The van der Waals surface area contributed by atoms with Crippen LogP contribution in [0.3, 0.4) is 0 Å². The van der Waals surface area contributed by atoms with Gasteiger partial charge in [0, 0.05) is 26.2 Å². The summed E-state index contributed by atoms with van der Waals surface area (Å²) in [5, 5.41) is 18.8. The fourth-order valence-corrected chi connectivity index (χ4v) is 2.81. The first kappa shape index (κ1) is 14.1. The maximum atomic E-state index is 12.3. The minimum absolute atomic E-state index is 0.0751. The van der Waals surface area contributed by atoms with Crippen molar-refractivity contribution in [2.45, 2.75) is 32.8 Å². The van der Waals surface area contributed by atoms with Crippen LogP contribution < -0.4 is 0 Å². The van der Waals surface area contributed by atoms with Crippen LogP contribution in [0, 0.1) is 11.3 Å². The first-order valence-electron chi connectivity index (χ1n) is 6.79. The highest BCUT2D eigenvalue weighted by atomic mass is 16.4. The van der Waals surface area contributed by atoms with Crippen LogP contribution in [-0.4, -0.2) is 64.3 Å². The number of urea groups is 1. The van der Waals surface area contributed by atoms with Crippen molar-refractivity contribution < 1.29 is 19.8 Å². The molecule has 2 heterocycles. The maximum Gasteiger partial charge on any atom is 0.320 e. The van der Waals surface area contributed by atoms with Gasteiger partial charge in [-0.25, -0.2) is 4.79 Å². The number of carbonyl (C=O) groups excluding carboxylic acids is 1. The van der Waals surface area contributed by atoms with Crippen molar-refractivity contribution in [3.05, 3.63) is 0 Å². The topological polar surface area (TPSA) is 81.1 Å². The number of carboxylic acids is 1. The van der Waals surface area contributed by atoms with E-state index in [9.17, 15) is 19.8 Å². The molecule has 2 saturated heterocycles. The molecular weight excluding hydrogens is 248 g/mol. The van der Waals surface area contributed by atoms with Gasteiger partial charge in [-0.15, -0.1) is 0 Å². The van der Waals surface area contributed by atoms with Crippen LogP contribution in [0.25, 0.3) is 0 Å². The van der Waals surface area contributed by atoms with Gasteiger partial charge in [0.2, 0.25) is 0 Å². The van der Waals surface area contributed by atoms with Crippen molar-refractivity contribution >= 4 is 12.0 Å². The zero-order valence-electron chi connectivity index (χ0n) is 11.5. The standard InChI is InChI=1S/C13H22N2O4/c1-9-7-14(5-3-10(9)16)12(19)15-6-4-13(2,8-15)11(17)18/h9-10,16H,3-8H2,1-2H3,(H,17,18). The summed E-state index contributed by atoms with van der Waals surface area (Å²) in [6.45, 7) is 5.47. The summed E-state index contributed by atoms with van der Waals surface area (Å²) in [5.74, 6) is -0.767. The van der Waals surface area contributed by atoms with Gasteiger partial charge in [0.25, 0.3) is 0 Å². The van der Waals surface area contributed by atoms with E-state index in [-0.39, 0.29) is 24.6 Å². The molecule has 0 aromatic carbocycles. The molecular formula is C13H22N2O4. The third-order valence-electron chi connectivity index (χ3n) is 4.39. The van der Waals surface area contributed by atoms with Gasteiger partial charge >= 0.3 is 12.0 Å². The SMILES string of the molecule is CC1CN(C(=O)N2CCC(C)(C(=O)O)C2)CCC1O. The van der Waals surface area contributed by atoms with Gasteiger partial charge in [-0.2, -0.15) is 0 Å². The van der Waals surface area contributed by atoms with Gasteiger partial charge in [-0.1, -0.05) is 6.92 Å². The van der Waals surface area contributed by atoms with Crippen molar-refractivity contribution in [1.82, 2.24) is 9.80 Å². The van der Waals surface area contributed by atoms with Gasteiger partial charge in [0.1, 0.15) is 0 Å². The average Bonchev–Trinajstić information content (AvgIpc) is 2.76. The van der Waals surface area contributed by atoms with Crippen LogP contribution in [0.2, 0.25) is 0 Å². The molecule has 0 radical (unpaired) electrons. The highest BCUT2D eigenvalue weighted by Gasteiger charge is 2.43. The molecule has 0 saturated carbocycles. The zero-order valence-corrected chi connectivity index (χ0v) is 11.5. The molecule has 2 aliphatic rings. The first-order chi connectivity index (χ1) is 8.83. The fourth-order valence-electron chi connectivity index (χ4n) is 2.81. The molecule has 0 aliphatic carbocycles. The van der Waals surface area contributed by atoms with E-state index in [1.807, 2.05) is 6.92 Å². The Morgan fingerprint density at radius 2 is 1.95 bits per heavy atom. The number of nitrogens with zero attached hydrogens (tertiary/aromatic N) is 2. The number of aliphatic carboxylic acids is 1. The lowest BCUT2D eigenvalue weighted by molar-refractivity contribution is -0.147. The van der Waals surface area contributed by atoms with E-state index in [1.54, 1.807) is 16.7 Å². The number of likely N-dealkylation sites (tertiary alicyclic amines) is 2. The summed E-state index contributed by atoms with van der Waals surface area (Å²) in [4.78, 5) is 26.9. The molecule has 2 fully saturated rings. The third kappa shape index (κ3) is 2.68. The van der Waals surface area contributed by atoms with Crippen molar-refractivity contribution in [3.63, 3.8) is 0 Å². The van der Waals surface area contributed by atoms with Gasteiger partial charge in [-0.05, 0) is 25.7 Å². The summed E-state index contributed by atoms with van der Waals surface area (Å²) < 4.78 is 0. The van der Waals surface area contributed by atoms with Crippen LogP contribution in [0.1, 0.15) is 26.7 Å². The van der Waals surface area contributed by atoms with Crippen molar-refractivity contribution in [2.75, 3.05) is 26.2 Å². The molecule has 0 bridgehead atoms. The number of carbonyl (C=O) groups is 2. The molecule has 6 heteroatoms. The van der Waals surface area contributed by atoms with E-state index in [2.05, 4.69) is 0 Å². The summed E-state index contributed by atoms with van der Waals surface area (Å²) in [7, 11) is 0. The van der Waals surface area contributed by atoms with Crippen LogP contribution in [0.5, 0.6) is 0 Å². The van der Waals surface area contributed by atoms with E-state index in [0.29, 0.717) is 32.5 Å². The summed E-state index contributed by atoms with van der Waals surface area (Å²) in [6, 6.07) is -0.0938. The third-order valence-corrected chi connectivity index (χ3v) is 4.39.